The number of hydrogen-bond donors (Lipinski definition) is 1. The van der Waals surface area contributed by atoms with Crippen LogP contribution >= 0.6 is 0 Å². The van der Waals surface area contributed by atoms with Gasteiger partial charge in [0, 0.05) is 19.7 Å². The van der Waals surface area contributed by atoms with Crippen LogP contribution in [0.5, 0.6) is 0 Å². The van der Waals surface area contributed by atoms with Crippen LogP contribution in [0.25, 0.3) is 0 Å². The predicted octanol–water partition coefficient (Wildman–Crippen LogP) is 1.80. The topological polar surface area (TPSA) is 79.3 Å². The van der Waals surface area contributed by atoms with Crippen molar-refractivity contribution < 1.29 is 13.9 Å². The molecule has 1 aromatic carbocycles. The molecule has 0 aliphatic carbocycles. The van der Waals surface area contributed by atoms with E-state index in [1.165, 1.54) is 6.07 Å². The number of anilines is 1. The third kappa shape index (κ3) is 3.02. The first kappa shape index (κ1) is 15.8. The van der Waals surface area contributed by atoms with Gasteiger partial charge >= 0.3 is 0 Å². The van der Waals surface area contributed by atoms with E-state index >= 15 is 0 Å². The van der Waals surface area contributed by atoms with Gasteiger partial charge in [0.15, 0.2) is 0 Å². The molecule has 2 atom stereocenters. The van der Waals surface area contributed by atoms with Gasteiger partial charge in [-0.25, -0.2) is 4.39 Å². The van der Waals surface area contributed by atoms with Gasteiger partial charge < -0.3 is 15.4 Å². The summed E-state index contributed by atoms with van der Waals surface area (Å²) in [7, 11) is 0. The number of primary amides is 1. The molecule has 0 radical (unpaired) electrons. The second-order valence-electron chi connectivity index (χ2n) is 6.20. The van der Waals surface area contributed by atoms with Crippen molar-refractivity contribution in [1.29, 1.82) is 5.26 Å². The number of carbonyl (C=O) groups is 1. The maximum absolute atomic E-state index is 13.7. The van der Waals surface area contributed by atoms with E-state index in [9.17, 15) is 9.18 Å². The number of benzene rings is 1. The Morgan fingerprint density at radius 1 is 1.35 bits per heavy atom. The number of nitrogens with two attached hydrogens (primary N) is 1. The number of ether oxygens (including phenoxy) is 1. The van der Waals surface area contributed by atoms with E-state index in [0.29, 0.717) is 31.8 Å². The number of piperidine rings is 1. The summed E-state index contributed by atoms with van der Waals surface area (Å²) in [5.41, 5.74) is 6.20. The van der Waals surface area contributed by atoms with E-state index in [1.54, 1.807) is 12.1 Å². The maximum atomic E-state index is 13.7. The second kappa shape index (κ2) is 6.55. The molecule has 0 unspecified atom stereocenters. The fourth-order valence-electron chi connectivity index (χ4n) is 3.74. The highest BCUT2D eigenvalue weighted by Crippen LogP contribution is 2.35. The molecule has 0 bridgehead atoms. The van der Waals surface area contributed by atoms with Crippen LogP contribution in [0.3, 0.4) is 0 Å². The quantitative estimate of drug-likeness (QED) is 0.922. The van der Waals surface area contributed by atoms with E-state index in [0.717, 1.165) is 12.8 Å². The lowest BCUT2D eigenvalue weighted by Crippen LogP contribution is -2.42. The zero-order chi connectivity index (χ0) is 16.4. The summed E-state index contributed by atoms with van der Waals surface area (Å²) >= 11 is 0. The minimum atomic E-state index is -0.486. The van der Waals surface area contributed by atoms with Crippen molar-refractivity contribution in [1.82, 2.24) is 0 Å². The SMILES string of the molecule is N#Cc1c(F)cccc1N1CCC([C@H]2OCC[C@@H]2C(N)=O)CC1. The minimum absolute atomic E-state index is 0.0954. The molecule has 0 aromatic heterocycles. The Balaban J connectivity index is 1.69. The van der Waals surface area contributed by atoms with Crippen LogP contribution < -0.4 is 10.6 Å². The lowest BCUT2D eigenvalue weighted by atomic mass is 9.83. The Morgan fingerprint density at radius 3 is 2.74 bits per heavy atom. The molecule has 0 spiro atoms. The molecular formula is C17H20FN3O2. The number of carbonyl (C=O) groups excluding carboxylic acids is 1. The van der Waals surface area contributed by atoms with E-state index in [-0.39, 0.29) is 29.4 Å². The number of amides is 1. The Hall–Kier alpha value is -2.13. The van der Waals surface area contributed by atoms with Crippen LogP contribution in [0.1, 0.15) is 24.8 Å². The molecule has 0 saturated carbocycles. The number of rotatable bonds is 3. The van der Waals surface area contributed by atoms with Gasteiger partial charge in [0.05, 0.1) is 17.7 Å². The predicted molar refractivity (Wildman–Crippen MR) is 83.1 cm³/mol. The Bertz CT molecular complexity index is 635. The van der Waals surface area contributed by atoms with Crippen molar-refractivity contribution in [2.45, 2.75) is 25.4 Å². The van der Waals surface area contributed by atoms with Gasteiger partial charge in [-0.15, -0.1) is 0 Å². The van der Waals surface area contributed by atoms with Crippen molar-refractivity contribution in [2.24, 2.45) is 17.6 Å². The van der Waals surface area contributed by atoms with Gasteiger partial charge in [-0.05, 0) is 37.3 Å². The molecule has 5 nitrogen and oxygen atoms in total. The summed E-state index contributed by atoms with van der Waals surface area (Å²) in [5, 5.41) is 9.16. The van der Waals surface area contributed by atoms with Crippen molar-refractivity contribution in [2.75, 3.05) is 24.6 Å². The van der Waals surface area contributed by atoms with Gasteiger partial charge in [-0.2, -0.15) is 5.26 Å². The first-order valence-corrected chi connectivity index (χ1v) is 7.96. The van der Waals surface area contributed by atoms with Crippen molar-refractivity contribution in [3.8, 4) is 6.07 Å². The van der Waals surface area contributed by atoms with Crippen LogP contribution in [0.15, 0.2) is 18.2 Å². The Morgan fingerprint density at radius 2 is 2.09 bits per heavy atom. The molecule has 2 heterocycles. The molecule has 2 N–H and O–H groups in total. The average Bonchev–Trinajstić information content (AvgIpc) is 3.04. The number of hydrogen-bond acceptors (Lipinski definition) is 4. The number of nitrogens with zero attached hydrogens (tertiary/aromatic N) is 2. The van der Waals surface area contributed by atoms with Gasteiger partial charge in [-0.3, -0.25) is 4.79 Å². The monoisotopic (exact) mass is 317 g/mol. The van der Waals surface area contributed by atoms with E-state index in [4.69, 9.17) is 15.7 Å². The molecule has 2 saturated heterocycles. The Labute approximate surface area is 134 Å². The molecule has 23 heavy (non-hydrogen) atoms. The van der Waals surface area contributed by atoms with E-state index < -0.39 is 5.82 Å². The van der Waals surface area contributed by atoms with Crippen LogP contribution in [-0.4, -0.2) is 31.7 Å². The van der Waals surface area contributed by atoms with Crippen molar-refractivity contribution in [3.63, 3.8) is 0 Å². The fraction of sp³-hybridized carbons (Fsp3) is 0.529. The summed E-state index contributed by atoms with van der Waals surface area (Å²) in [6, 6.07) is 6.65. The van der Waals surface area contributed by atoms with Crippen LogP contribution in [0, 0.1) is 29.0 Å². The molecule has 2 fully saturated rings. The van der Waals surface area contributed by atoms with E-state index in [1.807, 2.05) is 11.0 Å². The summed E-state index contributed by atoms with van der Waals surface area (Å²) < 4.78 is 19.5. The minimum Gasteiger partial charge on any atom is -0.377 e. The van der Waals surface area contributed by atoms with E-state index in [2.05, 4.69) is 0 Å². The smallest absolute Gasteiger partial charge is 0.223 e. The molecule has 6 heteroatoms. The highest BCUT2D eigenvalue weighted by Gasteiger charge is 2.39. The molecular weight excluding hydrogens is 297 g/mol. The summed E-state index contributed by atoms with van der Waals surface area (Å²) in [4.78, 5) is 13.5. The number of halogens is 1. The van der Waals surface area contributed by atoms with Crippen molar-refractivity contribution in [3.05, 3.63) is 29.6 Å². The summed E-state index contributed by atoms with van der Waals surface area (Å²) in [6.07, 6.45) is 2.28. The van der Waals surface area contributed by atoms with Gasteiger partial charge in [0.2, 0.25) is 5.91 Å². The largest absolute Gasteiger partial charge is 0.377 e. The highest BCUT2D eigenvalue weighted by atomic mass is 19.1. The van der Waals surface area contributed by atoms with Crippen molar-refractivity contribution >= 4 is 11.6 Å². The first-order chi connectivity index (χ1) is 11.1. The van der Waals surface area contributed by atoms with Crippen LogP contribution in [0.2, 0.25) is 0 Å². The molecule has 122 valence electrons. The second-order valence-corrected chi connectivity index (χ2v) is 6.20. The van der Waals surface area contributed by atoms with Crippen LogP contribution in [-0.2, 0) is 9.53 Å². The molecule has 2 aliphatic heterocycles. The molecule has 3 rings (SSSR count). The van der Waals surface area contributed by atoms with Crippen LogP contribution in [0.4, 0.5) is 10.1 Å². The maximum Gasteiger partial charge on any atom is 0.223 e. The summed E-state index contributed by atoms with van der Waals surface area (Å²) in [5.74, 6) is -0.687. The highest BCUT2D eigenvalue weighted by molar-refractivity contribution is 5.77. The third-order valence-corrected chi connectivity index (χ3v) is 4.95. The van der Waals surface area contributed by atoms with Gasteiger partial charge in [-0.1, -0.05) is 6.07 Å². The normalized spacial score (nSPS) is 25.3. The number of nitriles is 1. The third-order valence-electron chi connectivity index (χ3n) is 4.95. The lowest BCUT2D eigenvalue weighted by molar-refractivity contribution is -0.124. The summed E-state index contributed by atoms with van der Waals surface area (Å²) in [6.45, 7) is 2.02. The zero-order valence-corrected chi connectivity index (χ0v) is 12.9. The van der Waals surface area contributed by atoms with Gasteiger partial charge in [0.1, 0.15) is 17.4 Å². The molecule has 1 aromatic rings. The van der Waals surface area contributed by atoms with Gasteiger partial charge in [0.25, 0.3) is 0 Å². The standard InChI is InChI=1S/C17H20FN3O2/c18-14-2-1-3-15(13(14)10-19)21-7-4-11(5-8-21)16-12(17(20)22)6-9-23-16/h1-3,11-12,16H,4-9H2,(H2,20,22)/t12-,16+/m0/s1. The average molecular weight is 317 g/mol. The zero-order valence-electron chi connectivity index (χ0n) is 12.9. The molecule has 1 amide bonds. The lowest BCUT2D eigenvalue weighted by Gasteiger charge is -2.37. The molecule has 2 aliphatic rings. The fourth-order valence-corrected chi connectivity index (χ4v) is 3.74. The Kier molecular flexibility index (Phi) is 4.49. The first-order valence-electron chi connectivity index (χ1n) is 7.96.